The Hall–Kier alpha value is -5.82. The second kappa shape index (κ2) is 18.3. The van der Waals surface area contributed by atoms with Crippen molar-refractivity contribution in [1.82, 2.24) is 25.8 Å². The number of carbonyl (C=O) groups excluding carboxylic acids is 4. The molecule has 54 heavy (non-hydrogen) atoms. The van der Waals surface area contributed by atoms with Crippen LogP contribution in [-0.4, -0.2) is 76.1 Å². The first kappa shape index (κ1) is 39.4. The van der Waals surface area contributed by atoms with Crippen LogP contribution >= 0.6 is 11.3 Å². The van der Waals surface area contributed by atoms with Gasteiger partial charge in [0, 0.05) is 51.2 Å². The molecular formula is C41H46N6O6S. The van der Waals surface area contributed by atoms with Crippen LogP contribution in [0.25, 0.3) is 16.2 Å². The van der Waals surface area contributed by atoms with Gasteiger partial charge >= 0.3 is 0 Å². The summed E-state index contributed by atoms with van der Waals surface area (Å²) in [6.45, 7) is 4.72. The molecule has 0 saturated heterocycles. The summed E-state index contributed by atoms with van der Waals surface area (Å²) in [6, 6.07) is 19.7. The number of hydrogen-bond acceptors (Lipinski definition) is 9. The largest absolute Gasteiger partial charge is 0.507 e. The van der Waals surface area contributed by atoms with Gasteiger partial charge in [-0.2, -0.15) is 0 Å². The first-order valence-corrected chi connectivity index (χ1v) is 18.8. The number of rotatable bonds is 16. The third-order valence-electron chi connectivity index (χ3n) is 9.49. The van der Waals surface area contributed by atoms with E-state index in [0.29, 0.717) is 19.4 Å². The van der Waals surface area contributed by atoms with Gasteiger partial charge in [0.05, 0.1) is 27.7 Å². The number of benzene rings is 3. The Labute approximate surface area is 318 Å². The van der Waals surface area contributed by atoms with Gasteiger partial charge in [-0.25, -0.2) is 4.98 Å². The summed E-state index contributed by atoms with van der Waals surface area (Å²) in [5.74, 6) is -2.19. The number of hydrogen-bond donors (Lipinski definition) is 6. The summed E-state index contributed by atoms with van der Waals surface area (Å²) < 4.78 is 0. The van der Waals surface area contributed by atoms with E-state index in [9.17, 15) is 29.4 Å². The number of amides is 4. The minimum absolute atomic E-state index is 0.0128. The Morgan fingerprint density at radius 2 is 1.78 bits per heavy atom. The number of thiazole rings is 1. The maximum Gasteiger partial charge on any atom is 0.269 e. The van der Waals surface area contributed by atoms with E-state index in [1.165, 1.54) is 30.1 Å². The van der Waals surface area contributed by atoms with Crippen LogP contribution in [0.5, 0.6) is 5.75 Å². The molecule has 0 spiro atoms. The summed E-state index contributed by atoms with van der Waals surface area (Å²) in [7, 11) is 1.54. The molecule has 2 atom stereocenters. The maximum absolute atomic E-state index is 13.0. The molecule has 4 aromatic rings. The molecule has 6 N–H and O–H groups in total. The number of aryl methyl sites for hydroxylation is 2. The first-order chi connectivity index (χ1) is 25.9. The Balaban J connectivity index is 0.985. The maximum atomic E-state index is 13.0. The lowest BCUT2D eigenvalue weighted by Crippen LogP contribution is -2.36. The molecule has 0 fully saturated rings. The van der Waals surface area contributed by atoms with Gasteiger partial charge in [0.25, 0.3) is 11.8 Å². The fourth-order valence-corrected chi connectivity index (χ4v) is 7.16. The summed E-state index contributed by atoms with van der Waals surface area (Å²) in [6.07, 6.45) is 3.57. The van der Waals surface area contributed by atoms with Crippen LogP contribution in [0.15, 0.2) is 78.3 Å². The molecule has 1 aromatic heterocycles. The van der Waals surface area contributed by atoms with E-state index in [0.717, 1.165) is 51.7 Å². The number of phenols is 1. The molecule has 282 valence electrons. The molecular weight excluding hydrogens is 705 g/mol. The minimum Gasteiger partial charge on any atom is -0.507 e. The average molecular weight is 751 g/mol. The van der Waals surface area contributed by atoms with Crippen molar-refractivity contribution in [2.24, 2.45) is 0 Å². The quantitative estimate of drug-likeness (QED) is 0.0473. The summed E-state index contributed by atoms with van der Waals surface area (Å²) >= 11 is 1.60. The van der Waals surface area contributed by atoms with E-state index in [1.54, 1.807) is 11.3 Å². The average Bonchev–Trinajstić information content (AvgIpc) is 3.78. The molecule has 5 rings (SSSR count). The second-order valence-corrected chi connectivity index (χ2v) is 14.3. The van der Waals surface area contributed by atoms with E-state index in [4.69, 9.17) is 5.41 Å². The van der Waals surface area contributed by atoms with Crippen LogP contribution in [0.4, 0.5) is 0 Å². The van der Waals surface area contributed by atoms with Crippen molar-refractivity contribution < 1.29 is 29.4 Å². The number of aromatic hydroxyl groups is 1. The van der Waals surface area contributed by atoms with Gasteiger partial charge in [-0.05, 0) is 66.5 Å². The van der Waals surface area contributed by atoms with Crippen molar-refractivity contribution in [1.29, 1.82) is 5.41 Å². The van der Waals surface area contributed by atoms with E-state index >= 15 is 0 Å². The number of aliphatic hydroxyl groups excluding tert-OH is 1. The summed E-state index contributed by atoms with van der Waals surface area (Å²) in [5.41, 5.74) is 6.85. The predicted molar refractivity (Wildman–Crippen MR) is 210 cm³/mol. The van der Waals surface area contributed by atoms with Crippen molar-refractivity contribution in [3.63, 3.8) is 0 Å². The highest BCUT2D eigenvalue weighted by Crippen LogP contribution is 2.31. The standard InChI is InChI=1S/C41H46N6O6S/c1-25(27-10-12-29(13-11-27)39-26(2)45-24-54-39)21-38(51)43-18-6-9-37(50)44-19-20-47(3)41(53)32-16-14-30(22-36(32)49)35(48)23-33(42)40(52)46-34-17-15-28-7-4-5-8-31(28)34/h4-5,7-8,10-14,16,22-25,34,42,48-49H,6,9,15,17-21H2,1-3H3,(H,43,51)(H,44,50)(H,46,52)/b35-23-,42-33?/t25-,34+/m0/s1. The van der Waals surface area contributed by atoms with Gasteiger partial charge in [-0.3, -0.25) is 24.6 Å². The molecule has 12 nitrogen and oxygen atoms in total. The van der Waals surface area contributed by atoms with Crippen molar-refractivity contribution in [2.45, 2.75) is 57.9 Å². The Kier molecular flexibility index (Phi) is 13.3. The zero-order valence-electron chi connectivity index (χ0n) is 30.6. The summed E-state index contributed by atoms with van der Waals surface area (Å²) in [5, 5.41) is 37.8. The Morgan fingerprint density at radius 3 is 2.50 bits per heavy atom. The van der Waals surface area contributed by atoms with Crippen LogP contribution in [0.1, 0.15) is 82.9 Å². The van der Waals surface area contributed by atoms with E-state index < -0.39 is 23.3 Å². The fraction of sp³-hybridized carbons (Fsp3) is 0.317. The Bertz CT molecular complexity index is 2040. The molecule has 1 aliphatic rings. The van der Waals surface area contributed by atoms with Crippen LogP contribution in [0, 0.1) is 12.3 Å². The van der Waals surface area contributed by atoms with Crippen LogP contribution in [0.3, 0.4) is 0 Å². The van der Waals surface area contributed by atoms with Gasteiger partial charge in [-0.15, -0.1) is 11.3 Å². The van der Waals surface area contributed by atoms with Crippen molar-refractivity contribution >= 4 is 46.4 Å². The molecule has 0 aliphatic heterocycles. The second-order valence-electron chi connectivity index (χ2n) is 13.5. The number of nitrogens with one attached hydrogen (secondary N) is 4. The highest BCUT2D eigenvalue weighted by atomic mass is 32.1. The number of aliphatic hydroxyl groups is 1. The van der Waals surface area contributed by atoms with Crippen LogP contribution in [-0.2, 0) is 20.8 Å². The molecule has 0 saturated carbocycles. The van der Waals surface area contributed by atoms with Crippen LogP contribution in [0.2, 0.25) is 0 Å². The van der Waals surface area contributed by atoms with E-state index in [1.807, 2.05) is 55.8 Å². The molecule has 4 amide bonds. The minimum atomic E-state index is -0.637. The van der Waals surface area contributed by atoms with Gasteiger partial charge in [-0.1, -0.05) is 61.5 Å². The topological polar surface area (TPSA) is 185 Å². The van der Waals surface area contributed by atoms with Gasteiger partial charge < -0.3 is 31.1 Å². The predicted octanol–water partition coefficient (Wildman–Crippen LogP) is 5.82. The van der Waals surface area contributed by atoms with Crippen molar-refractivity contribution in [3.05, 3.63) is 112 Å². The van der Waals surface area contributed by atoms with Crippen molar-refractivity contribution in [3.8, 4) is 16.2 Å². The molecule has 1 heterocycles. The number of fused-ring (bicyclic) bond motifs is 1. The molecule has 0 radical (unpaired) electrons. The van der Waals surface area contributed by atoms with Gasteiger partial charge in [0.1, 0.15) is 17.2 Å². The smallest absolute Gasteiger partial charge is 0.269 e. The SMILES string of the molecule is Cc1ncsc1-c1ccc([C@@H](C)CC(=O)NCCCC(=O)NCCN(C)C(=O)c2ccc(/C(O)=C/C(=N)C(=O)N[C@@H]3CCc4ccccc43)cc2O)cc1. The van der Waals surface area contributed by atoms with E-state index in [2.05, 4.69) is 33.1 Å². The highest BCUT2D eigenvalue weighted by molar-refractivity contribution is 7.13. The monoisotopic (exact) mass is 750 g/mol. The number of likely N-dealkylation sites (N-methyl/N-ethyl adjacent to an activating group) is 1. The molecule has 13 heteroatoms. The zero-order chi connectivity index (χ0) is 38.8. The number of nitrogens with zero attached hydrogens (tertiary/aromatic N) is 2. The van der Waals surface area contributed by atoms with Gasteiger partial charge in [0.2, 0.25) is 11.8 Å². The highest BCUT2D eigenvalue weighted by Gasteiger charge is 2.25. The van der Waals surface area contributed by atoms with Crippen molar-refractivity contribution in [2.75, 3.05) is 26.7 Å². The normalized spacial score (nSPS) is 14.1. The number of carbonyl (C=O) groups is 4. The molecule has 3 aromatic carbocycles. The zero-order valence-corrected chi connectivity index (χ0v) is 31.5. The van der Waals surface area contributed by atoms with Crippen LogP contribution < -0.4 is 16.0 Å². The van der Waals surface area contributed by atoms with E-state index in [-0.39, 0.29) is 60.2 Å². The van der Waals surface area contributed by atoms with Gasteiger partial charge in [0.15, 0.2) is 0 Å². The molecule has 0 bridgehead atoms. The Morgan fingerprint density at radius 1 is 1.04 bits per heavy atom. The lowest BCUT2D eigenvalue weighted by Gasteiger charge is -2.18. The number of aromatic nitrogens is 1. The third kappa shape index (κ3) is 10.2. The fourth-order valence-electron chi connectivity index (χ4n) is 6.35. The first-order valence-electron chi connectivity index (χ1n) is 17.9. The third-order valence-corrected chi connectivity index (χ3v) is 10.5. The molecule has 1 aliphatic carbocycles. The molecule has 0 unspecified atom stereocenters. The lowest BCUT2D eigenvalue weighted by atomic mass is 9.96. The number of phenolic OH excluding ortho intramolecular Hbond substituents is 1. The summed E-state index contributed by atoms with van der Waals surface area (Å²) in [4.78, 5) is 57.3. The lowest BCUT2D eigenvalue weighted by molar-refractivity contribution is -0.123.